The molecule has 2 aliphatic heterocycles. The first-order valence-corrected chi connectivity index (χ1v) is 4.24. The molecule has 2 heterocycles. The molecule has 2 heteroatoms. The van der Waals surface area contributed by atoms with Crippen molar-refractivity contribution >= 4 is 5.69 Å². The lowest BCUT2D eigenvalue weighted by Crippen LogP contribution is -2.24. The highest BCUT2D eigenvalue weighted by Gasteiger charge is 2.33. The highest BCUT2D eigenvalue weighted by atomic mass is 16.5. The second kappa shape index (κ2) is 2.23. The van der Waals surface area contributed by atoms with Crippen LogP contribution in [0.15, 0.2) is 24.3 Å². The van der Waals surface area contributed by atoms with Crippen LogP contribution < -0.4 is 4.90 Å². The second-order valence-corrected chi connectivity index (χ2v) is 3.30. The average molecular weight is 160 g/mol. The Balaban J connectivity index is 2.09. The summed E-state index contributed by atoms with van der Waals surface area (Å²) in [4.78, 5) is 2.30. The Kier molecular flexibility index (Phi) is 1.21. The molecule has 0 bridgehead atoms. The van der Waals surface area contributed by atoms with Crippen LogP contribution in [0.1, 0.15) is 5.56 Å². The first-order chi connectivity index (χ1) is 5.95. The molecule has 0 aliphatic carbocycles. The van der Waals surface area contributed by atoms with Gasteiger partial charge in [0.2, 0.25) is 0 Å². The van der Waals surface area contributed by atoms with E-state index in [0.717, 1.165) is 13.2 Å². The van der Waals surface area contributed by atoms with Crippen molar-refractivity contribution < 1.29 is 4.74 Å². The van der Waals surface area contributed by atoms with Gasteiger partial charge in [0, 0.05) is 5.69 Å². The molecule has 1 atom stereocenters. The van der Waals surface area contributed by atoms with Crippen molar-refractivity contribution in [3.63, 3.8) is 0 Å². The normalized spacial score (nSPS) is 25.7. The van der Waals surface area contributed by atoms with Gasteiger partial charge in [-0.3, -0.25) is 0 Å². The van der Waals surface area contributed by atoms with E-state index in [1.807, 2.05) is 6.61 Å². The van der Waals surface area contributed by atoms with Gasteiger partial charge in [-0.05, 0) is 18.1 Å². The largest absolute Gasteiger partial charge is 0.353 e. The number of rotatable bonds is 0. The monoisotopic (exact) mass is 160 g/mol. The predicted octanol–water partition coefficient (Wildman–Crippen LogP) is 1.57. The maximum Gasteiger partial charge on any atom is 0.119 e. The predicted molar refractivity (Wildman–Crippen MR) is 46.7 cm³/mol. The molecule has 1 fully saturated rings. The van der Waals surface area contributed by atoms with Gasteiger partial charge < -0.3 is 9.64 Å². The smallest absolute Gasteiger partial charge is 0.119 e. The van der Waals surface area contributed by atoms with Crippen LogP contribution in [0.2, 0.25) is 0 Å². The zero-order valence-corrected chi connectivity index (χ0v) is 6.73. The Morgan fingerprint density at radius 1 is 1.33 bits per heavy atom. The summed E-state index contributed by atoms with van der Waals surface area (Å²) in [5.41, 5.74) is 2.79. The van der Waals surface area contributed by atoms with Gasteiger partial charge in [0.05, 0.1) is 6.04 Å². The molecule has 1 radical (unpaired) electrons. The Hall–Kier alpha value is -1.02. The summed E-state index contributed by atoms with van der Waals surface area (Å²) in [7, 11) is 0. The van der Waals surface area contributed by atoms with Crippen LogP contribution in [0.5, 0.6) is 0 Å². The first-order valence-electron chi connectivity index (χ1n) is 4.24. The molecule has 2 nitrogen and oxygen atoms in total. The van der Waals surface area contributed by atoms with Crippen LogP contribution >= 0.6 is 0 Å². The van der Waals surface area contributed by atoms with Crippen molar-refractivity contribution in [2.75, 3.05) is 11.6 Å². The fourth-order valence-corrected chi connectivity index (χ4v) is 2.00. The maximum absolute atomic E-state index is 5.27. The summed E-state index contributed by atoms with van der Waals surface area (Å²) in [6, 6.07) is 9.03. The molecule has 0 aromatic heterocycles. The van der Waals surface area contributed by atoms with Gasteiger partial charge in [-0.2, -0.15) is 0 Å². The standard InChI is InChI=1S/C10H10NO/c1-2-4-10-8(3-1)5-9-6-12-7-11(9)10/h1-4,6,9H,5,7H2. The summed E-state index contributed by atoms with van der Waals surface area (Å²) in [5, 5.41) is 0. The lowest BCUT2D eigenvalue weighted by atomic mass is 10.1. The number of ether oxygens (including phenoxy) is 1. The van der Waals surface area contributed by atoms with E-state index in [4.69, 9.17) is 4.74 Å². The molecule has 0 amide bonds. The maximum atomic E-state index is 5.27. The van der Waals surface area contributed by atoms with E-state index in [9.17, 15) is 0 Å². The number of nitrogens with zero attached hydrogens (tertiary/aromatic N) is 1. The van der Waals surface area contributed by atoms with Crippen molar-refractivity contribution in [2.24, 2.45) is 0 Å². The minimum absolute atomic E-state index is 0.488. The Labute approximate surface area is 71.8 Å². The lowest BCUT2D eigenvalue weighted by molar-refractivity contribution is 0.251. The molecule has 0 spiro atoms. The fraction of sp³-hybridized carbons (Fsp3) is 0.300. The molecule has 1 aromatic rings. The minimum Gasteiger partial charge on any atom is -0.353 e. The molecule has 1 unspecified atom stereocenters. The van der Waals surface area contributed by atoms with Crippen LogP contribution in [-0.2, 0) is 11.2 Å². The van der Waals surface area contributed by atoms with Crippen molar-refractivity contribution in [3.8, 4) is 0 Å². The molecule has 3 rings (SSSR count). The Bertz CT molecular complexity index is 310. The SMILES string of the molecule is [CH]1OCN2c3ccccc3CC12. The van der Waals surface area contributed by atoms with Gasteiger partial charge in [0.25, 0.3) is 0 Å². The van der Waals surface area contributed by atoms with Crippen molar-refractivity contribution in [2.45, 2.75) is 12.5 Å². The van der Waals surface area contributed by atoms with Gasteiger partial charge in [0.1, 0.15) is 13.3 Å². The van der Waals surface area contributed by atoms with Gasteiger partial charge >= 0.3 is 0 Å². The topological polar surface area (TPSA) is 12.5 Å². The molecule has 0 N–H and O–H groups in total. The van der Waals surface area contributed by atoms with Crippen molar-refractivity contribution in [1.82, 2.24) is 0 Å². The average Bonchev–Trinajstić information content (AvgIpc) is 2.62. The zero-order chi connectivity index (χ0) is 7.97. The Morgan fingerprint density at radius 2 is 2.25 bits per heavy atom. The van der Waals surface area contributed by atoms with E-state index in [-0.39, 0.29) is 0 Å². The van der Waals surface area contributed by atoms with Crippen LogP contribution in [0.4, 0.5) is 5.69 Å². The molecular formula is C10H10NO. The third-order valence-corrected chi connectivity index (χ3v) is 2.60. The quantitative estimate of drug-likeness (QED) is 0.571. The number of hydrogen-bond donors (Lipinski definition) is 0. The summed E-state index contributed by atoms with van der Waals surface area (Å²) in [6.07, 6.45) is 1.11. The number of fused-ring (bicyclic) bond motifs is 3. The summed E-state index contributed by atoms with van der Waals surface area (Å²) < 4.78 is 5.27. The highest BCUT2D eigenvalue weighted by molar-refractivity contribution is 5.60. The zero-order valence-electron chi connectivity index (χ0n) is 6.73. The van der Waals surface area contributed by atoms with E-state index in [1.54, 1.807) is 0 Å². The van der Waals surface area contributed by atoms with Crippen LogP contribution in [0.25, 0.3) is 0 Å². The lowest BCUT2D eigenvalue weighted by Gasteiger charge is -2.15. The molecule has 1 aromatic carbocycles. The fourth-order valence-electron chi connectivity index (χ4n) is 2.00. The number of hydrogen-bond acceptors (Lipinski definition) is 2. The number of anilines is 1. The highest BCUT2D eigenvalue weighted by Crippen LogP contribution is 2.35. The number of para-hydroxylation sites is 1. The van der Waals surface area contributed by atoms with Crippen LogP contribution in [0.3, 0.4) is 0 Å². The van der Waals surface area contributed by atoms with E-state index < -0.39 is 0 Å². The number of benzene rings is 1. The van der Waals surface area contributed by atoms with Gasteiger partial charge in [-0.25, -0.2) is 0 Å². The van der Waals surface area contributed by atoms with Gasteiger partial charge in [0.15, 0.2) is 0 Å². The van der Waals surface area contributed by atoms with E-state index in [1.165, 1.54) is 11.3 Å². The van der Waals surface area contributed by atoms with Gasteiger partial charge in [-0.15, -0.1) is 0 Å². The minimum atomic E-state index is 0.488. The third-order valence-electron chi connectivity index (χ3n) is 2.60. The van der Waals surface area contributed by atoms with Gasteiger partial charge in [-0.1, -0.05) is 18.2 Å². The van der Waals surface area contributed by atoms with Crippen LogP contribution in [-0.4, -0.2) is 12.8 Å². The summed E-state index contributed by atoms with van der Waals surface area (Å²) >= 11 is 0. The molecule has 2 aliphatic rings. The van der Waals surface area contributed by atoms with E-state index >= 15 is 0 Å². The first kappa shape index (κ1) is 6.49. The molecule has 12 heavy (non-hydrogen) atoms. The molecule has 1 saturated heterocycles. The Morgan fingerprint density at radius 3 is 3.25 bits per heavy atom. The summed E-state index contributed by atoms with van der Waals surface area (Å²) in [5.74, 6) is 0. The third kappa shape index (κ3) is 0.730. The van der Waals surface area contributed by atoms with E-state index in [0.29, 0.717) is 6.04 Å². The molecular weight excluding hydrogens is 150 g/mol. The van der Waals surface area contributed by atoms with E-state index in [2.05, 4.69) is 29.2 Å². The van der Waals surface area contributed by atoms with Crippen molar-refractivity contribution in [1.29, 1.82) is 0 Å². The van der Waals surface area contributed by atoms with Crippen LogP contribution in [0, 0.1) is 6.61 Å². The summed E-state index contributed by atoms with van der Waals surface area (Å²) in [6.45, 7) is 2.67. The second-order valence-electron chi connectivity index (χ2n) is 3.30. The molecule has 61 valence electrons. The van der Waals surface area contributed by atoms with Crippen molar-refractivity contribution in [3.05, 3.63) is 36.4 Å². The molecule has 0 saturated carbocycles.